The summed E-state index contributed by atoms with van der Waals surface area (Å²) < 4.78 is 12.5. The summed E-state index contributed by atoms with van der Waals surface area (Å²) in [7, 11) is 3.19. The maximum Gasteiger partial charge on any atom is 0.226 e. The Balaban J connectivity index is 1.64. The highest BCUT2D eigenvalue weighted by molar-refractivity contribution is 6.30. The van der Waals surface area contributed by atoms with Crippen molar-refractivity contribution in [2.75, 3.05) is 19.5 Å². The molecule has 1 aromatic heterocycles. The zero-order chi connectivity index (χ0) is 21.5. The molecule has 3 aromatic rings. The van der Waals surface area contributed by atoms with E-state index < -0.39 is 0 Å². The summed E-state index contributed by atoms with van der Waals surface area (Å²) >= 11 is 6.11. The van der Waals surface area contributed by atoms with Crippen LogP contribution in [0.15, 0.2) is 53.7 Å². The van der Waals surface area contributed by atoms with Crippen LogP contribution in [-0.2, 0) is 4.79 Å². The molecule has 2 heterocycles. The summed E-state index contributed by atoms with van der Waals surface area (Å²) in [6.07, 6.45) is 2.18. The van der Waals surface area contributed by atoms with Crippen molar-refractivity contribution in [1.29, 1.82) is 0 Å². The molecule has 8 heteroatoms. The van der Waals surface area contributed by atoms with Gasteiger partial charge in [-0.05, 0) is 48.7 Å². The maximum atomic E-state index is 12.9. The van der Waals surface area contributed by atoms with Crippen molar-refractivity contribution in [1.82, 2.24) is 14.8 Å². The minimum absolute atomic E-state index is 0.141. The van der Waals surface area contributed by atoms with Crippen LogP contribution in [0.25, 0.3) is 11.4 Å². The van der Waals surface area contributed by atoms with Crippen LogP contribution in [0.3, 0.4) is 0 Å². The lowest BCUT2D eigenvalue weighted by Crippen LogP contribution is -2.31. The largest absolute Gasteiger partial charge is 0.493 e. The quantitative estimate of drug-likeness (QED) is 0.642. The second-order valence-electron chi connectivity index (χ2n) is 7.52. The van der Waals surface area contributed by atoms with Gasteiger partial charge in [0.15, 0.2) is 23.1 Å². The number of carbonyl (C=O) groups excluding carboxylic acids is 1. The number of ketones is 1. The molecule has 0 saturated carbocycles. The zero-order valence-corrected chi connectivity index (χ0v) is 17.9. The molecule has 31 heavy (non-hydrogen) atoms. The fourth-order valence-electron chi connectivity index (χ4n) is 4.21. The van der Waals surface area contributed by atoms with Crippen LogP contribution in [0.1, 0.15) is 30.9 Å². The van der Waals surface area contributed by atoms with Gasteiger partial charge in [-0.25, -0.2) is 4.68 Å². The fraction of sp³-hybridized carbons (Fsp3) is 0.261. The van der Waals surface area contributed by atoms with Crippen LogP contribution in [-0.4, -0.2) is 34.8 Å². The average Bonchev–Trinajstić information content (AvgIpc) is 3.22. The Bertz CT molecular complexity index is 1200. The number of Topliss-reactive ketones (excluding diaryl/α,β-unsaturated/α-hetero) is 1. The lowest BCUT2D eigenvalue weighted by Gasteiger charge is -2.32. The molecule has 2 aromatic carbocycles. The number of nitrogens with zero attached hydrogens (tertiary/aromatic N) is 3. The third-order valence-electron chi connectivity index (χ3n) is 5.70. The minimum Gasteiger partial charge on any atom is -0.493 e. The lowest BCUT2D eigenvalue weighted by atomic mass is 9.85. The van der Waals surface area contributed by atoms with Gasteiger partial charge >= 0.3 is 0 Å². The molecular weight excluding hydrogens is 416 g/mol. The molecule has 0 fully saturated rings. The molecule has 1 unspecified atom stereocenters. The van der Waals surface area contributed by atoms with E-state index in [1.54, 1.807) is 18.9 Å². The normalized spacial score (nSPS) is 17.6. The summed E-state index contributed by atoms with van der Waals surface area (Å²) in [4.78, 5) is 17.6. The predicted molar refractivity (Wildman–Crippen MR) is 118 cm³/mol. The van der Waals surface area contributed by atoms with Crippen LogP contribution < -0.4 is 14.8 Å². The Labute approximate surface area is 184 Å². The Kier molecular flexibility index (Phi) is 4.90. The summed E-state index contributed by atoms with van der Waals surface area (Å²) in [5.74, 6) is 2.52. The first kappa shape index (κ1) is 19.6. The molecule has 0 radical (unpaired) electrons. The van der Waals surface area contributed by atoms with E-state index in [1.807, 2.05) is 42.5 Å². The van der Waals surface area contributed by atoms with Crippen LogP contribution in [0.5, 0.6) is 11.5 Å². The lowest BCUT2D eigenvalue weighted by molar-refractivity contribution is -0.116. The standard InChI is InChI=1S/C23H21ClN4O3/c1-30-18-11-8-14(12-19(18)31-2)22-26-23-25-16-4-3-5-17(29)20(16)21(28(23)27-22)13-6-9-15(24)10-7-13/h6-12,21H,3-5H2,1-2H3,(H,25,26,27). The van der Waals surface area contributed by atoms with Crippen LogP contribution in [0, 0.1) is 0 Å². The Morgan fingerprint density at radius 1 is 1.06 bits per heavy atom. The topological polar surface area (TPSA) is 78.3 Å². The van der Waals surface area contributed by atoms with Crippen molar-refractivity contribution in [2.24, 2.45) is 0 Å². The zero-order valence-electron chi connectivity index (χ0n) is 17.2. The number of hydrogen-bond donors (Lipinski definition) is 1. The Morgan fingerprint density at radius 3 is 2.58 bits per heavy atom. The first-order valence-corrected chi connectivity index (χ1v) is 10.4. The van der Waals surface area contributed by atoms with Gasteiger partial charge in [-0.15, -0.1) is 5.10 Å². The minimum atomic E-state index is -0.349. The second-order valence-corrected chi connectivity index (χ2v) is 7.96. The molecule has 1 aliphatic carbocycles. The van der Waals surface area contributed by atoms with Crippen molar-refractivity contribution < 1.29 is 14.3 Å². The summed E-state index contributed by atoms with van der Waals surface area (Å²) in [6, 6.07) is 12.7. The van der Waals surface area contributed by atoms with Gasteiger partial charge in [0.05, 0.1) is 14.2 Å². The highest BCUT2D eigenvalue weighted by Gasteiger charge is 2.36. The molecule has 1 aliphatic heterocycles. The molecule has 0 spiro atoms. The fourth-order valence-corrected chi connectivity index (χ4v) is 4.33. The number of aromatic nitrogens is 3. The number of ether oxygens (including phenoxy) is 2. The molecular formula is C23H21ClN4O3. The van der Waals surface area contributed by atoms with Gasteiger partial charge in [0, 0.05) is 28.3 Å². The van der Waals surface area contributed by atoms with Crippen LogP contribution in [0.2, 0.25) is 5.02 Å². The van der Waals surface area contributed by atoms with Crippen molar-refractivity contribution in [3.63, 3.8) is 0 Å². The molecule has 0 saturated heterocycles. The summed E-state index contributed by atoms with van der Waals surface area (Å²) in [5.41, 5.74) is 3.42. The van der Waals surface area contributed by atoms with Crippen LogP contribution >= 0.6 is 11.6 Å². The van der Waals surface area contributed by atoms with Crippen molar-refractivity contribution in [3.8, 4) is 22.9 Å². The third-order valence-corrected chi connectivity index (χ3v) is 5.95. The van der Waals surface area contributed by atoms with E-state index in [2.05, 4.69) is 5.32 Å². The number of hydrogen-bond acceptors (Lipinski definition) is 6. The van der Waals surface area contributed by atoms with Crippen molar-refractivity contribution in [2.45, 2.75) is 25.3 Å². The number of nitrogens with one attached hydrogen (secondary N) is 1. The molecule has 1 N–H and O–H groups in total. The number of allylic oxidation sites excluding steroid dienone is 2. The number of benzene rings is 2. The van der Waals surface area contributed by atoms with Crippen molar-refractivity contribution in [3.05, 3.63) is 64.3 Å². The summed E-state index contributed by atoms with van der Waals surface area (Å²) in [5, 5.41) is 8.78. The highest BCUT2D eigenvalue weighted by atomic mass is 35.5. The number of anilines is 1. The average molecular weight is 437 g/mol. The molecule has 0 amide bonds. The van der Waals surface area contributed by atoms with E-state index in [9.17, 15) is 4.79 Å². The highest BCUT2D eigenvalue weighted by Crippen LogP contribution is 2.41. The number of halogens is 1. The summed E-state index contributed by atoms with van der Waals surface area (Å²) in [6.45, 7) is 0. The van der Waals surface area contributed by atoms with Gasteiger partial charge in [-0.2, -0.15) is 4.98 Å². The van der Waals surface area contributed by atoms with E-state index in [4.69, 9.17) is 31.2 Å². The van der Waals surface area contributed by atoms with Gasteiger partial charge in [0.25, 0.3) is 0 Å². The van der Waals surface area contributed by atoms with Gasteiger partial charge in [0.2, 0.25) is 5.95 Å². The van der Waals surface area contributed by atoms with E-state index in [0.29, 0.717) is 34.7 Å². The van der Waals surface area contributed by atoms with Gasteiger partial charge in [-0.1, -0.05) is 23.7 Å². The molecule has 1 atom stereocenters. The predicted octanol–water partition coefficient (Wildman–Crippen LogP) is 4.64. The number of fused-ring (bicyclic) bond motifs is 1. The smallest absolute Gasteiger partial charge is 0.226 e. The molecule has 7 nitrogen and oxygen atoms in total. The first-order valence-electron chi connectivity index (χ1n) is 10.1. The van der Waals surface area contributed by atoms with E-state index in [-0.39, 0.29) is 11.8 Å². The van der Waals surface area contributed by atoms with Gasteiger partial charge in [-0.3, -0.25) is 4.79 Å². The first-order chi connectivity index (χ1) is 15.1. The van der Waals surface area contributed by atoms with E-state index in [1.165, 1.54) is 0 Å². The number of carbonyl (C=O) groups is 1. The number of rotatable bonds is 4. The number of methoxy groups -OCH3 is 2. The molecule has 158 valence electrons. The van der Waals surface area contributed by atoms with E-state index >= 15 is 0 Å². The Morgan fingerprint density at radius 2 is 1.84 bits per heavy atom. The monoisotopic (exact) mass is 436 g/mol. The van der Waals surface area contributed by atoms with Gasteiger partial charge in [0.1, 0.15) is 6.04 Å². The molecule has 0 bridgehead atoms. The van der Waals surface area contributed by atoms with Crippen molar-refractivity contribution >= 4 is 23.3 Å². The van der Waals surface area contributed by atoms with Gasteiger partial charge < -0.3 is 14.8 Å². The van der Waals surface area contributed by atoms with E-state index in [0.717, 1.165) is 35.2 Å². The SMILES string of the molecule is COc1ccc(-c2nc3n(n2)C(c2ccc(Cl)cc2)C2=C(CCCC2=O)N3)cc1OC. The van der Waals surface area contributed by atoms with Crippen LogP contribution in [0.4, 0.5) is 5.95 Å². The maximum absolute atomic E-state index is 12.9. The second kappa shape index (κ2) is 7.74. The Hall–Kier alpha value is -3.32. The third kappa shape index (κ3) is 3.35. The molecule has 5 rings (SSSR count). The molecule has 2 aliphatic rings.